The predicted octanol–water partition coefficient (Wildman–Crippen LogP) is 1.37. The standard InChI is InChI=1S/C18H18O2.C12H10O2.C3H5Br.CH2O3.2K.H/c1-3-13-19-17-9-5-15(6-10-17)16-7-11-18(12-8-16)20-14-4-2;13-11-5-1-9(2-6-11)10-3-7-12(14)8-4-10;1-2-3-4;2-1-4-3;;;/h3-12H,1-2,13-14H2;1-8,13-14H;2H,1,3H2;1,3H;;;/q;;;;2*+1;-1/p-1. The number of allylic oxidation sites excluding steroid dienone is 1. The van der Waals surface area contributed by atoms with Crippen LogP contribution in [-0.2, 0) is 9.68 Å². The van der Waals surface area contributed by atoms with Gasteiger partial charge in [0.05, 0.1) is 0 Å². The molecule has 2 N–H and O–H groups in total. The van der Waals surface area contributed by atoms with Gasteiger partial charge < -0.3 is 31.3 Å². The van der Waals surface area contributed by atoms with Gasteiger partial charge in [0.2, 0.25) is 0 Å². The van der Waals surface area contributed by atoms with Crippen molar-refractivity contribution in [1.29, 1.82) is 0 Å². The quantitative estimate of drug-likeness (QED) is 0.0639. The number of benzene rings is 4. The molecule has 0 atom stereocenters. The van der Waals surface area contributed by atoms with Gasteiger partial charge >= 0.3 is 103 Å². The molecule has 0 aromatic heterocycles. The predicted molar refractivity (Wildman–Crippen MR) is 171 cm³/mol. The molecule has 0 amide bonds. The van der Waals surface area contributed by atoms with E-state index in [9.17, 15) is 0 Å². The number of hydrogen-bond acceptors (Lipinski definition) is 7. The molecule has 10 heteroatoms. The van der Waals surface area contributed by atoms with Crippen LogP contribution in [-0.4, -0.2) is 35.2 Å². The number of carbonyl (C=O) groups excluding carboxylic acids is 1. The molecule has 0 saturated heterocycles. The largest absolute Gasteiger partial charge is 1.00 e. The van der Waals surface area contributed by atoms with Gasteiger partial charge in [-0.3, -0.25) is 4.79 Å². The van der Waals surface area contributed by atoms with E-state index in [0.29, 0.717) is 13.2 Å². The first kappa shape index (κ1) is 44.6. The van der Waals surface area contributed by atoms with E-state index in [0.717, 1.165) is 39.1 Å². The number of halogens is 1. The van der Waals surface area contributed by atoms with E-state index in [1.54, 1.807) is 42.5 Å². The molecule has 4 aromatic rings. The van der Waals surface area contributed by atoms with Gasteiger partial charge in [-0.2, -0.15) is 0 Å². The van der Waals surface area contributed by atoms with Crippen LogP contribution >= 0.6 is 15.9 Å². The molecule has 44 heavy (non-hydrogen) atoms. The van der Waals surface area contributed by atoms with Gasteiger partial charge in [0.15, 0.2) is 0 Å². The SMILES string of the molecule is C=CCBr.C=CCOc1ccc(-c2ccc(OCC=C)cc2)cc1.O=CO[O-].Oc1ccc(-c2ccc(O)cc2)cc1.[H-].[K+].[K+]. The van der Waals surface area contributed by atoms with Crippen molar-refractivity contribution >= 4 is 22.4 Å². The first-order valence-electron chi connectivity index (χ1n) is 12.6. The molecule has 0 aliphatic rings. The molecule has 4 rings (SSSR count). The molecule has 7 nitrogen and oxygen atoms in total. The molecule has 0 radical (unpaired) electrons. The summed E-state index contributed by atoms with van der Waals surface area (Å²) in [6, 6.07) is 29.9. The third-order valence-corrected chi connectivity index (χ3v) is 5.45. The molecule has 0 saturated carbocycles. The Labute approximate surface area is 354 Å². The van der Waals surface area contributed by atoms with Crippen molar-refractivity contribution in [3.05, 3.63) is 135 Å². The van der Waals surface area contributed by atoms with Crippen LogP contribution < -0.4 is 118 Å². The molecule has 0 heterocycles. The minimum atomic E-state index is -0.181. The molecule has 4 aromatic carbocycles. The van der Waals surface area contributed by atoms with Crippen LogP contribution in [0.3, 0.4) is 0 Å². The zero-order chi connectivity index (χ0) is 31.0. The van der Waals surface area contributed by atoms with Gasteiger partial charge in [-0.05, 0) is 70.8 Å². The van der Waals surface area contributed by atoms with E-state index in [2.05, 4.69) is 40.6 Å². The fourth-order valence-electron chi connectivity index (χ4n) is 3.11. The fourth-order valence-corrected chi connectivity index (χ4v) is 3.11. The van der Waals surface area contributed by atoms with Crippen molar-refractivity contribution in [2.75, 3.05) is 18.5 Å². The zero-order valence-corrected chi connectivity index (χ0v) is 32.9. The van der Waals surface area contributed by atoms with Crippen molar-refractivity contribution in [2.24, 2.45) is 0 Å². The van der Waals surface area contributed by atoms with Crippen LogP contribution in [0.5, 0.6) is 23.0 Å². The molecule has 0 fully saturated rings. The second-order valence-corrected chi connectivity index (χ2v) is 8.62. The first-order valence-corrected chi connectivity index (χ1v) is 13.7. The topological polar surface area (TPSA) is 108 Å². The van der Waals surface area contributed by atoms with Gasteiger partial charge in [-0.25, -0.2) is 0 Å². The maximum Gasteiger partial charge on any atom is 1.00 e. The summed E-state index contributed by atoms with van der Waals surface area (Å²) in [5.41, 5.74) is 4.32. The van der Waals surface area contributed by atoms with Gasteiger partial charge in [-0.1, -0.05) is 95.8 Å². The molecule has 0 spiro atoms. The summed E-state index contributed by atoms with van der Waals surface area (Å²) in [7, 11) is 0. The molecule has 0 bridgehead atoms. The minimum Gasteiger partial charge on any atom is -1.00 e. The van der Waals surface area contributed by atoms with Gasteiger partial charge in [0.25, 0.3) is 6.47 Å². The number of aromatic hydroxyl groups is 2. The summed E-state index contributed by atoms with van der Waals surface area (Å²) < 4.78 is 10.9. The summed E-state index contributed by atoms with van der Waals surface area (Å²) in [4.78, 5) is 11.2. The second-order valence-electron chi connectivity index (χ2n) is 7.98. The Balaban J connectivity index is -0.000000617. The van der Waals surface area contributed by atoms with Crippen LogP contribution in [0.1, 0.15) is 1.43 Å². The normalized spacial score (nSPS) is 8.68. The van der Waals surface area contributed by atoms with Crippen LogP contribution in [0, 0.1) is 0 Å². The monoisotopic (exact) mass is 712 g/mol. The number of carbonyl (C=O) groups is 1. The Morgan fingerprint density at radius 3 is 1.07 bits per heavy atom. The van der Waals surface area contributed by atoms with Crippen molar-refractivity contribution in [3.63, 3.8) is 0 Å². The maximum absolute atomic E-state index is 9.11. The Hall–Kier alpha value is -1.52. The minimum absolute atomic E-state index is 0. The summed E-state index contributed by atoms with van der Waals surface area (Å²) in [6.07, 6.45) is 5.26. The molecule has 222 valence electrons. The van der Waals surface area contributed by atoms with Crippen LogP contribution in [0.15, 0.2) is 135 Å². The summed E-state index contributed by atoms with van der Waals surface area (Å²) >= 11 is 3.13. The average Bonchev–Trinajstić information content (AvgIpc) is 3.04. The van der Waals surface area contributed by atoms with Crippen LogP contribution in [0.2, 0.25) is 0 Å². The first-order chi connectivity index (χ1) is 20.4. The van der Waals surface area contributed by atoms with Gasteiger partial charge in [-0.15, -0.1) is 6.58 Å². The average molecular weight is 714 g/mol. The molecule has 0 aliphatic heterocycles. The van der Waals surface area contributed by atoms with E-state index in [4.69, 9.17) is 29.7 Å². The van der Waals surface area contributed by atoms with Crippen molar-refractivity contribution in [1.82, 2.24) is 0 Å². The third-order valence-electron chi connectivity index (χ3n) is 4.99. The Bertz CT molecular complexity index is 1220. The van der Waals surface area contributed by atoms with Crippen molar-refractivity contribution < 1.29 is 139 Å². The van der Waals surface area contributed by atoms with E-state index in [1.807, 2.05) is 72.8 Å². The maximum atomic E-state index is 9.11. The van der Waals surface area contributed by atoms with Crippen molar-refractivity contribution in [2.45, 2.75) is 0 Å². The van der Waals surface area contributed by atoms with Gasteiger partial charge in [0.1, 0.15) is 36.2 Å². The third kappa shape index (κ3) is 19.8. The van der Waals surface area contributed by atoms with E-state index < -0.39 is 0 Å². The number of alkyl halides is 1. The van der Waals surface area contributed by atoms with Crippen molar-refractivity contribution in [3.8, 4) is 45.3 Å². The summed E-state index contributed by atoms with van der Waals surface area (Å²) in [6.45, 7) is 11.6. The Morgan fingerprint density at radius 1 is 0.614 bits per heavy atom. The number of hydrogen-bond donors (Lipinski definition) is 2. The summed E-state index contributed by atoms with van der Waals surface area (Å²) in [5.74, 6) is 2.21. The molecule has 0 unspecified atom stereocenters. The number of phenols is 2. The fraction of sp³-hybridized carbons (Fsp3) is 0.0882. The van der Waals surface area contributed by atoms with Crippen LogP contribution in [0.25, 0.3) is 22.3 Å². The van der Waals surface area contributed by atoms with Gasteiger partial charge in [0, 0.05) is 5.33 Å². The number of rotatable bonds is 10. The molecular weight excluding hydrogens is 678 g/mol. The van der Waals surface area contributed by atoms with E-state index in [1.165, 1.54) is 0 Å². The van der Waals surface area contributed by atoms with E-state index >= 15 is 0 Å². The Kier molecular flexibility index (Phi) is 29.3. The molecule has 0 aliphatic carbocycles. The zero-order valence-electron chi connectivity index (χ0n) is 26.1. The summed E-state index contributed by atoms with van der Waals surface area (Å²) in [5, 5.41) is 27.5. The smallest absolute Gasteiger partial charge is 1.00 e. The Morgan fingerprint density at radius 2 is 0.864 bits per heavy atom. The van der Waals surface area contributed by atoms with E-state index in [-0.39, 0.29) is 122 Å². The molecular formula is C34H35BrK2O7. The second kappa shape index (κ2) is 28.9. The number of phenolic OH excluding ortho intramolecular Hbond substituents is 2. The number of ether oxygens (including phenoxy) is 2. The van der Waals surface area contributed by atoms with Crippen LogP contribution in [0.4, 0.5) is 0 Å².